The number of carbonyl (C=O) groups is 4. The molecule has 8 N–H and O–H groups in total. The van der Waals surface area contributed by atoms with E-state index in [0.29, 0.717) is 17.7 Å². The molecule has 1 unspecified atom stereocenters. The number of aliphatic hydroxyl groups is 3. The molecule has 5 atom stereocenters. The number of fused-ring (bicyclic) bond motifs is 3. The summed E-state index contributed by atoms with van der Waals surface area (Å²) >= 11 is 0. The summed E-state index contributed by atoms with van der Waals surface area (Å²) in [4.78, 5) is 55.6. The van der Waals surface area contributed by atoms with Crippen molar-refractivity contribution in [2.24, 2.45) is 17.6 Å². The first kappa shape index (κ1) is 29.5. The number of allylic oxidation sites excluding steroid dienone is 1. The van der Waals surface area contributed by atoms with Crippen LogP contribution < -0.4 is 21.3 Å². The first-order valence-electron chi connectivity index (χ1n) is 13.9. The van der Waals surface area contributed by atoms with Crippen LogP contribution in [0.1, 0.15) is 40.7 Å². The van der Waals surface area contributed by atoms with Gasteiger partial charge in [-0.3, -0.25) is 24.1 Å². The molecule has 13 heteroatoms. The monoisotopic (exact) mass is 583 g/mol. The Bertz CT molecular complexity index is 1460. The normalized spacial score (nSPS) is 28.9. The van der Waals surface area contributed by atoms with Crippen molar-refractivity contribution in [2.75, 3.05) is 39.6 Å². The molecule has 1 aromatic carbocycles. The van der Waals surface area contributed by atoms with Crippen molar-refractivity contribution in [3.63, 3.8) is 0 Å². The average molecular weight is 584 g/mol. The Balaban J connectivity index is 1.62. The van der Waals surface area contributed by atoms with Gasteiger partial charge in [-0.1, -0.05) is 0 Å². The molecular weight excluding hydrogens is 546 g/mol. The second kappa shape index (κ2) is 10.4. The minimum atomic E-state index is -2.70. The van der Waals surface area contributed by atoms with Gasteiger partial charge in [0, 0.05) is 43.4 Å². The number of ketones is 2. The molecule has 42 heavy (non-hydrogen) atoms. The lowest BCUT2D eigenvalue weighted by Gasteiger charge is -2.50. The van der Waals surface area contributed by atoms with Gasteiger partial charge in [-0.2, -0.15) is 0 Å². The van der Waals surface area contributed by atoms with Crippen molar-refractivity contribution < 1.29 is 39.6 Å². The molecule has 226 valence electrons. The third-order valence-electron chi connectivity index (χ3n) is 9.09. The van der Waals surface area contributed by atoms with Gasteiger partial charge in [-0.15, -0.1) is 0 Å². The highest BCUT2D eigenvalue weighted by Crippen LogP contribution is 2.53. The van der Waals surface area contributed by atoms with Crippen molar-refractivity contribution in [1.29, 1.82) is 0 Å². The summed E-state index contributed by atoms with van der Waals surface area (Å²) < 4.78 is 0. The first-order chi connectivity index (χ1) is 19.7. The van der Waals surface area contributed by atoms with Crippen LogP contribution in [0.5, 0.6) is 5.75 Å². The van der Waals surface area contributed by atoms with Crippen molar-refractivity contribution >= 4 is 29.1 Å². The zero-order valence-corrected chi connectivity index (χ0v) is 24.0. The number of hydrogen-bond donors (Lipinski definition) is 7. The van der Waals surface area contributed by atoms with E-state index in [9.17, 15) is 39.6 Å². The molecule has 2 amide bonds. The summed E-state index contributed by atoms with van der Waals surface area (Å²) in [5.41, 5.74) is 2.94. The maximum Gasteiger partial charge on any atom is 0.255 e. The number of phenolic OH excluding ortho intramolecular Hbond substituents is 1. The number of amides is 2. The quantitative estimate of drug-likeness (QED) is 0.214. The molecule has 0 bridgehead atoms. The van der Waals surface area contributed by atoms with Gasteiger partial charge in [0.15, 0.2) is 11.4 Å². The number of benzene rings is 1. The van der Waals surface area contributed by atoms with E-state index in [1.54, 1.807) is 39.2 Å². The van der Waals surface area contributed by atoms with Crippen LogP contribution in [0.25, 0.3) is 0 Å². The minimum Gasteiger partial charge on any atom is -0.510 e. The Morgan fingerprint density at radius 1 is 1.17 bits per heavy atom. The van der Waals surface area contributed by atoms with Crippen LogP contribution in [0.2, 0.25) is 0 Å². The van der Waals surface area contributed by atoms with Gasteiger partial charge in [0.05, 0.1) is 17.6 Å². The topological polar surface area (TPSA) is 206 Å². The van der Waals surface area contributed by atoms with Crippen molar-refractivity contribution in [2.45, 2.75) is 49.9 Å². The van der Waals surface area contributed by atoms with Crippen LogP contribution in [0, 0.1) is 11.8 Å². The average Bonchev–Trinajstić information content (AvgIpc) is 3.45. The predicted molar refractivity (Wildman–Crippen MR) is 151 cm³/mol. The van der Waals surface area contributed by atoms with Gasteiger partial charge >= 0.3 is 0 Å². The SMILES string of the molecule is CN(C)c1cc(CNC(=O)C2CCCN2)c(O)c2c1C[C@H]1C[C@H]3[C@H](N(C)C)C(O)=C(C(N)=O)C(=O)[C@@]3(O)C(O)=C1C2=O. The fraction of sp³-hybridized carbons (Fsp3) is 0.517. The summed E-state index contributed by atoms with van der Waals surface area (Å²) in [5.74, 6) is -7.23. The van der Waals surface area contributed by atoms with Crippen molar-refractivity contribution in [3.8, 4) is 5.75 Å². The van der Waals surface area contributed by atoms with E-state index >= 15 is 0 Å². The van der Waals surface area contributed by atoms with Gasteiger partial charge in [0.25, 0.3) is 5.91 Å². The standard InChI is InChI=1S/C29H37N5O8/c1-33(2)17-10-13(11-32-28(41)16-6-5-7-31-16)22(35)19-14(17)8-12-9-15-21(34(3)4)24(37)20(27(30)40)26(39)29(15,42)25(38)18(12)23(19)36/h10,12,15-16,21,31,35,37-38,42H,5-9,11H2,1-4H3,(H2,30,40)(H,32,41)/t12-,15-,16?,21-,29-/m0/s1. The lowest BCUT2D eigenvalue weighted by molar-refractivity contribution is -0.148. The highest BCUT2D eigenvalue weighted by atomic mass is 16.3. The van der Waals surface area contributed by atoms with E-state index < -0.39 is 58.0 Å². The minimum absolute atomic E-state index is 0.00555. The number of primary amides is 1. The number of carbonyl (C=O) groups excluding carboxylic acids is 4. The van der Waals surface area contributed by atoms with E-state index in [4.69, 9.17) is 5.73 Å². The Morgan fingerprint density at radius 3 is 2.43 bits per heavy atom. The second-order valence-corrected chi connectivity index (χ2v) is 12.0. The van der Waals surface area contributed by atoms with Gasteiger partial charge < -0.3 is 41.7 Å². The lowest BCUT2D eigenvalue weighted by Crippen LogP contribution is -2.63. The van der Waals surface area contributed by atoms with E-state index in [2.05, 4.69) is 10.6 Å². The number of rotatable bonds is 6. The van der Waals surface area contributed by atoms with Gasteiger partial charge in [-0.25, -0.2) is 0 Å². The van der Waals surface area contributed by atoms with Crippen LogP contribution in [0.15, 0.2) is 28.7 Å². The molecule has 1 heterocycles. The fourth-order valence-electron chi connectivity index (χ4n) is 7.10. The van der Waals surface area contributed by atoms with Crippen LogP contribution in [-0.4, -0.2) is 101 Å². The molecule has 0 aromatic heterocycles. The van der Waals surface area contributed by atoms with Gasteiger partial charge in [0.1, 0.15) is 22.8 Å². The summed E-state index contributed by atoms with van der Waals surface area (Å²) in [6.07, 6.45) is 1.75. The molecule has 0 saturated carbocycles. The number of Topliss-reactive ketones (excluding diaryl/α,β-unsaturated/α-hetero) is 2. The lowest BCUT2D eigenvalue weighted by atomic mass is 9.58. The molecule has 0 spiro atoms. The number of anilines is 1. The molecule has 13 nitrogen and oxygen atoms in total. The Labute approximate surface area is 242 Å². The highest BCUT2D eigenvalue weighted by Gasteiger charge is 2.63. The zero-order chi connectivity index (χ0) is 30.8. The molecule has 4 aliphatic rings. The zero-order valence-electron chi connectivity index (χ0n) is 24.0. The van der Waals surface area contributed by atoms with Crippen LogP contribution in [-0.2, 0) is 27.3 Å². The van der Waals surface area contributed by atoms with Crippen LogP contribution >= 0.6 is 0 Å². The van der Waals surface area contributed by atoms with E-state index in [1.165, 1.54) is 4.90 Å². The van der Waals surface area contributed by atoms with Gasteiger partial charge in [-0.05, 0) is 63.9 Å². The van der Waals surface area contributed by atoms with Crippen LogP contribution in [0.4, 0.5) is 5.69 Å². The smallest absolute Gasteiger partial charge is 0.255 e. The predicted octanol–water partition coefficient (Wildman–Crippen LogP) is -0.445. The molecule has 1 aliphatic heterocycles. The summed E-state index contributed by atoms with van der Waals surface area (Å²) in [5, 5.41) is 51.4. The molecule has 0 radical (unpaired) electrons. The summed E-state index contributed by atoms with van der Waals surface area (Å²) in [6.45, 7) is 0.683. The van der Waals surface area contributed by atoms with E-state index in [0.717, 1.165) is 13.0 Å². The number of nitrogens with two attached hydrogens (primary N) is 1. The molecule has 3 aliphatic carbocycles. The largest absolute Gasteiger partial charge is 0.510 e. The molecule has 1 saturated heterocycles. The van der Waals surface area contributed by atoms with E-state index in [-0.39, 0.29) is 53.8 Å². The second-order valence-electron chi connectivity index (χ2n) is 12.0. The third kappa shape index (κ3) is 4.26. The maximum atomic E-state index is 14.1. The highest BCUT2D eigenvalue weighted by molar-refractivity contribution is 6.25. The Kier molecular flexibility index (Phi) is 7.32. The fourth-order valence-corrected chi connectivity index (χ4v) is 7.10. The Hall–Kier alpha value is -3.94. The van der Waals surface area contributed by atoms with Crippen molar-refractivity contribution in [3.05, 3.63) is 45.4 Å². The number of aliphatic hydroxyl groups excluding tert-OH is 2. The van der Waals surface area contributed by atoms with Crippen LogP contribution in [0.3, 0.4) is 0 Å². The number of nitrogens with zero attached hydrogens (tertiary/aromatic N) is 2. The van der Waals surface area contributed by atoms with Crippen molar-refractivity contribution in [1.82, 2.24) is 15.5 Å². The van der Waals surface area contributed by atoms with Gasteiger partial charge in [0.2, 0.25) is 11.7 Å². The Morgan fingerprint density at radius 2 is 1.86 bits per heavy atom. The third-order valence-corrected chi connectivity index (χ3v) is 9.09. The van der Waals surface area contributed by atoms with E-state index in [1.807, 2.05) is 0 Å². The number of aromatic hydroxyl groups is 1. The molecular formula is C29H37N5O8. The summed E-state index contributed by atoms with van der Waals surface area (Å²) in [6, 6.07) is 0.312. The molecule has 1 fully saturated rings. The number of likely N-dealkylation sites (N-methyl/N-ethyl adjacent to an activating group) is 1. The maximum absolute atomic E-state index is 14.1. The molecule has 5 rings (SSSR count). The molecule has 1 aromatic rings. The number of hydrogen-bond acceptors (Lipinski definition) is 11. The summed E-state index contributed by atoms with van der Waals surface area (Å²) in [7, 11) is 6.72. The number of phenols is 1. The first-order valence-corrected chi connectivity index (χ1v) is 13.9. The number of nitrogens with one attached hydrogen (secondary N) is 2.